The van der Waals surface area contributed by atoms with Gasteiger partial charge in [0, 0.05) is 12.8 Å². The summed E-state index contributed by atoms with van der Waals surface area (Å²) in [6, 6.07) is 9.83. The van der Waals surface area contributed by atoms with E-state index in [-0.39, 0.29) is 18.7 Å². The summed E-state index contributed by atoms with van der Waals surface area (Å²) < 4.78 is 0. The van der Waals surface area contributed by atoms with Gasteiger partial charge in [0.15, 0.2) is 5.71 Å². The number of carboxylic acids is 2. The molecule has 0 aliphatic heterocycles. The quantitative estimate of drug-likeness (QED) is 0.145. The van der Waals surface area contributed by atoms with Crippen LogP contribution in [0.3, 0.4) is 0 Å². The molecule has 0 fully saturated rings. The number of oxime groups is 1. The lowest BCUT2D eigenvalue weighted by molar-refractivity contribution is -0.149. The molecule has 32 heavy (non-hydrogen) atoms. The largest absolute Gasteiger partial charge is 0.477 e. The van der Waals surface area contributed by atoms with Crippen molar-refractivity contribution in [2.24, 2.45) is 5.16 Å². The zero-order valence-corrected chi connectivity index (χ0v) is 19.3. The fourth-order valence-electron chi connectivity index (χ4n) is 2.64. The van der Waals surface area contributed by atoms with E-state index in [4.69, 9.17) is 15.1 Å². The molecule has 0 aliphatic rings. The number of carboxylic acid groups (broad SMARTS) is 2. The molecule has 0 saturated carbocycles. The van der Waals surface area contributed by atoms with Gasteiger partial charge in [-0.05, 0) is 24.5 Å². The van der Waals surface area contributed by atoms with E-state index in [1.807, 2.05) is 42.5 Å². The molecule has 0 aliphatic carbocycles. The third-order valence-corrected chi connectivity index (χ3v) is 4.47. The molecule has 0 aromatic heterocycles. The normalized spacial score (nSPS) is 11.0. The number of rotatable bonds is 16. The van der Waals surface area contributed by atoms with E-state index in [9.17, 15) is 14.4 Å². The van der Waals surface area contributed by atoms with Crippen molar-refractivity contribution in [3.8, 4) is 0 Å². The van der Waals surface area contributed by atoms with Crippen LogP contribution >= 0.6 is 0 Å². The van der Waals surface area contributed by atoms with Crippen molar-refractivity contribution in [1.82, 2.24) is 0 Å². The first-order chi connectivity index (χ1) is 15.4. The van der Waals surface area contributed by atoms with Crippen molar-refractivity contribution in [2.75, 3.05) is 6.61 Å². The first-order valence-electron chi connectivity index (χ1n) is 11.3. The summed E-state index contributed by atoms with van der Waals surface area (Å²) in [5.74, 6) is -2.97. The minimum absolute atomic E-state index is 0.0965. The Hall–Kier alpha value is -2.96. The number of unbranched alkanes of at least 4 members (excludes halogenated alkanes) is 6. The summed E-state index contributed by atoms with van der Waals surface area (Å²) in [5.41, 5.74) is 1.17. The number of carbonyl (C=O) groups is 3. The van der Waals surface area contributed by atoms with Crippen LogP contribution in [0, 0.1) is 0 Å². The minimum Gasteiger partial charge on any atom is -0.477 e. The number of aliphatic carboxylic acids is 2. The van der Waals surface area contributed by atoms with Gasteiger partial charge in [-0.1, -0.05) is 93.9 Å². The Morgan fingerprint density at radius 3 is 1.97 bits per heavy atom. The summed E-state index contributed by atoms with van der Waals surface area (Å²) in [7, 11) is 0. The highest BCUT2D eigenvalue weighted by molar-refractivity contribution is 6.35. The summed E-state index contributed by atoms with van der Waals surface area (Å²) in [4.78, 5) is 36.6. The third kappa shape index (κ3) is 16.8. The molecule has 0 radical (unpaired) electrons. The Bertz CT molecular complexity index is 712. The van der Waals surface area contributed by atoms with Crippen LogP contribution in [-0.2, 0) is 19.2 Å². The monoisotopic (exact) mass is 447 g/mol. The van der Waals surface area contributed by atoms with Crippen molar-refractivity contribution in [3.63, 3.8) is 0 Å². The highest BCUT2D eigenvalue weighted by atomic mass is 16.6. The zero-order chi connectivity index (χ0) is 24.0. The maximum absolute atomic E-state index is 11.0. The average Bonchev–Trinajstić information content (AvgIpc) is 2.78. The number of ketones is 1. The number of Topliss-reactive ketones (excluding diaryl/α,β-unsaturated/α-hetero) is 1. The Labute approximate surface area is 191 Å². The van der Waals surface area contributed by atoms with Crippen LogP contribution in [0.5, 0.6) is 0 Å². The summed E-state index contributed by atoms with van der Waals surface area (Å²) in [6.45, 7) is 4.45. The maximum Gasteiger partial charge on any atom is 0.372 e. The number of carbonyl (C=O) groups excluding carboxylic acids is 1. The van der Waals surface area contributed by atoms with Crippen molar-refractivity contribution >= 4 is 29.5 Å². The van der Waals surface area contributed by atoms with Crippen LogP contribution in [0.15, 0.2) is 41.6 Å². The van der Waals surface area contributed by atoms with E-state index < -0.39 is 17.7 Å². The number of hydrogen-bond donors (Lipinski definition) is 2. The van der Waals surface area contributed by atoms with Crippen LogP contribution < -0.4 is 0 Å². The molecule has 0 bridgehead atoms. The van der Waals surface area contributed by atoms with E-state index in [2.05, 4.69) is 19.0 Å². The number of benzene rings is 1. The molecular weight excluding hydrogens is 410 g/mol. The van der Waals surface area contributed by atoms with E-state index in [1.165, 1.54) is 0 Å². The number of nitrogens with zero attached hydrogens (tertiary/aromatic N) is 1. The third-order valence-electron chi connectivity index (χ3n) is 4.47. The van der Waals surface area contributed by atoms with Gasteiger partial charge in [-0.15, -0.1) is 0 Å². The Morgan fingerprint density at radius 1 is 0.844 bits per heavy atom. The molecule has 2 N–H and O–H groups in total. The first kappa shape index (κ1) is 29.0. The Morgan fingerprint density at radius 2 is 1.44 bits per heavy atom. The molecule has 1 rings (SSSR count). The standard InChI is InChI=1S/C17H23NO3.C8H14O3/c1-2-3-4-8-13-16(17(19)20)18-21-14-9-12-15-10-6-5-7-11-15;1-2-3-4-5-6-7(9)8(10)11/h5-7,9-12H,2-4,8,13-14H2,1H3,(H,19,20);2-6H2,1H3,(H,10,11). The maximum atomic E-state index is 11.0. The molecule has 178 valence electrons. The Balaban J connectivity index is 0.000000739. The second kappa shape index (κ2) is 20.0. The van der Waals surface area contributed by atoms with Crippen molar-refractivity contribution in [1.29, 1.82) is 0 Å². The number of hydrogen-bond acceptors (Lipinski definition) is 5. The topological polar surface area (TPSA) is 113 Å². The van der Waals surface area contributed by atoms with E-state index in [0.717, 1.165) is 50.5 Å². The predicted molar refractivity (Wildman–Crippen MR) is 127 cm³/mol. The van der Waals surface area contributed by atoms with Gasteiger partial charge in [-0.3, -0.25) is 4.79 Å². The van der Waals surface area contributed by atoms with Gasteiger partial charge < -0.3 is 15.1 Å². The molecule has 0 amide bonds. The molecule has 0 spiro atoms. The van der Waals surface area contributed by atoms with Crippen molar-refractivity contribution < 1.29 is 29.4 Å². The summed E-state index contributed by atoms with van der Waals surface area (Å²) in [6.07, 6.45) is 12.3. The van der Waals surface area contributed by atoms with Crippen LogP contribution in [0.4, 0.5) is 0 Å². The highest BCUT2D eigenvalue weighted by Gasteiger charge is 2.10. The average molecular weight is 448 g/mol. The second-order valence-electron chi connectivity index (χ2n) is 7.30. The lowest BCUT2D eigenvalue weighted by atomic mass is 10.1. The Kier molecular flexibility index (Phi) is 18.1. The van der Waals surface area contributed by atoms with Crippen LogP contribution in [0.1, 0.15) is 83.6 Å². The van der Waals surface area contributed by atoms with E-state index in [0.29, 0.717) is 12.8 Å². The second-order valence-corrected chi connectivity index (χ2v) is 7.30. The zero-order valence-electron chi connectivity index (χ0n) is 19.3. The molecule has 7 nitrogen and oxygen atoms in total. The van der Waals surface area contributed by atoms with Gasteiger partial charge in [0.2, 0.25) is 5.78 Å². The van der Waals surface area contributed by atoms with Crippen molar-refractivity contribution in [3.05, 3.63) is 42.0 Å². The molecule has 0 atom stereocenters. The van der Waals surface area contributed by atoms with Gasteiger partial charge in [-0.2, -0.15) is 0 Å². The first-order valence-corrected chi connectivity index (χ1v) is 11.3. The smallest absolute Gasteiger partial charge is 0.372 e. The molecule has 0 heterocycles. The van der Waals surface area contributed by atoms with Gasteiger partial charge in [-0.25, -0.2) is 9.59 Å². The molecule has 7 heteroatoms. The van der Waals surface area contributed by atoms with Crippen LogP contribution in [0.25, 0.3) is 6.08 Å². The van der Waals surface area contributed by atoms with Crippen LogP contribution in [0.2, 0.25) is 0 Å². The summed E-state index contributed by atoms with van der Waals surface area (Å²) >= 11 is 0. The van der Waals surface area contributed by atoms with E-state index in [1.54, 1.807) is 0 Å². The van der Waals surface area contributed by atoms with Gasteiger partial charge in [0.25, 0.3) is 0 Å². The SMILES string of the molecule is CCCCCCC(=NOCC=Cc1ccccc1)C(=O)O.CCCCCCC(=O)C(=O)O. The molecule has 0 saturated heterocycles. The molecule has 0 unspecified atom stereocenters. The summed E-state index contributed by atoms with van der Waals surface area (Å²) in [5, 5.41) is 20.9. The van der Waals surface area contributed by atoms with Gasteiger partial charge in [0.05, 0.1) is 0 Å². The fraction of sp³-hybridized carbons (Fsp3) is 0.520. The van der Waals surface area contributed by atoms with Gasteiger partial charge >= 0.3 is 11.9 Å². The lowest BCUT2D eigenvalue weighted by Gasteiger charge is -2.01. The molecular formula is C25H37NO6. The van der Waals surface area contributed by atoms with E-state index >= 15 is 0 Å². The fourth-order valence-corrected chi connectivity index (χ4v) is 2.64. The predicted octanol–water partition coefficient (Wildman–Crippen LogP) is 5.74. The molecule has 1 aromatic carbocycles. The lowest BCUT2D eigenvalue weighted by Crippen LogP contribution is -2.13. The highest BCUT2D eigenvalue weighted by Crippen LogP contribution is 2.05. The molecule has 1 aromatic rings. The van der Waals surface area contributed by atoms with Crippen LogP contribution in [-0.4, -0.2) is 40.3 Å². The van der Waals surface area contributed by atoms with Gasteiger partial charge in [0.1, 0.15) is 6.61 Å². The van der Waals surface area contributed by atoms with Crippen molar-refractivity contribution in [2.45, 2.75) is 78.1 Å². The minimum atomic E-state index is -1.30.